The quantitative estimate of drug-likeness (QED) is 0.682. The lowest BCUT2D eigenvalue weighted by Crippen LogP contribution is -2.23. The Kier molecular flexibility index (Phi) is 3.42. The molecular weight excluding hydrogens is 150 g/mol. The van der Waals surface area contributed by atoms with Gasteiger partial charge in [0.15, 0.2) is 0 Å². The summed E-state index contributed by atoms with van der Waals surface area (Å²) >= 11 is 0. The van der Waals surface area contributed by atoms with Crippen molar-refractivity contribution in [3.63, 3.8) is 0 Å². The van der Waals surface area contributed by atoms with Gasteiger partial charge in [-0.2, -0.15) is 0 Å². The summed E-state index contributed by atoms with van der Waals surface area (Å²) in [7, 11) is 0. The number of alkyl halides is 2. The fourth-order valence-electron chi connectivity index (χ4n) is 0.637. The molecule has 0 saturated heterocycles. The molecule has 0 spiro atoms. The van der Waals surface area contributed by atoms with Gasteiger partial charge >= 0.3 is 0 Å². The van der Waals surface area contributed by atoms with Gasteiger partial charge in [-0.25, -0.2) is 8.78 Å². The van der Waals surface area contributed by atoms with Gasteiger partial charge in [0, 0.05) is 6.42 Å². The first-order valence-corrected chi connectivity index (χ1v) is 3.75. The fourth-order valence-corrected chi connectivity index (χ4v) is 0.637. The highest BCUT2D eigenvalue weighted by Crippen LogP contribution is 2.28. The zero-order valence-electron chi connectivity index (χ0n) is 7.32. The number of rotatable bonds is 3. The van der Waals surface area contributed by atoms with E-state index in [9.17, 15) is 8.78 Å². The molecule has 0 aliphatic heterocycles. The summed E-state index contributed by atoms with van der Waals surface area (Å²) < 4.78 is 24.9. The van der Waals surface area contributed by atoms with Crippen LogP contribution in [0.2, 0.25) is 0 Å². The van der Waals surface area contributed by atoms with E-state index in [2.05, 4.69) is 0 Å². The molecule has 0 aromatic heterocycles. The van der Waals surface area contributed by atoms with Crippen molar-refractivity contribution in [2.45, 2.75) is 39.5 Å². The van der Waals surface area contributed by atoms with E-state index in [1.165, 1.54) is 0 Å². The highest BCUT2D eigenvalue weighted by Gasteiger charge is 2.29. The minimum Gasteiger partial charge on any atom is -0.390 e. The number of hydrogen-bond acceptors (Lipinski definition) is 1. The van der Waals surface area contributed by atoms with Gasteiger partial charge in [0.1, 0.15) is 6.61 Å². The van der Waals surface area contributed by atoms with E-state index in [0.29, 0.717) is 6.42 Å². The Morgan fingerprint density at radius 3 is 1.82 bits per heavy atom. The van der Waals surface area contributed by atoms with Crippen LogP contribution in [0.4, 0.5) is 8.78 Å². The topological polar surface area (TPSA) is 20.2 Å². The van der Waals surface area contributed by atoms with Crippen LogP contribution in [0.25, 0.3) is 0 Å². The van der Waals surface area contributed by atoms with Gasteiger partial charge in [-0.05, 0) is 11.8 Å². The molecule has 0 aliphatic carbocycles. The van der Waals surface area contributed by atoms with Crippen molar-refractivity contribution in [2.75, 3.05) is 6.61 Å². The Bertz CT molecular complexity index is 116. The maximum Gasteiger partial charge on any atom is 0.270 e. The summed E-state index contributed by atoms with van der Waals surface area (Å²) in [5.74, 6) is -2.90. The molecule has 0 heterocycles. The maximum atomic E-state index is 12.4. The number of hydrogen-bond donors (Lipinski definition) is 1. The SMILES string of the molecule is CC(C)(C)CCC(F)(F)CO. The molecule has 0 aliphatic rings. The average Bonchev–Trinajstić information content (AvgIpc) is 1.83. The lowest BCUT2D eigenvalue weighted by molar-refractivity contribution is -0.0627. The van der Waals surface area contributed by atoms with E-state index in [1.54, 1.807) is 0 Å². The molecule has 0 fully saturated rings. The van der Waals surface area contributed by atoms with Gasteiger partial charge in [0.05, 0.1) is 0 Å². The highest BCUT2D eigenvalue weighted by molar-refractivity contribution is 4.70. The normalized spacial score (nSPS) is 13.6. The minimum absolute atomic E-state index is 0.0847. The van der Waals surface area contributed by atoms with Crippen LogP contribution in [-0.4, -0.2) is 17.6 Å². The zero-order valence-corrected chi connectivity index (χ0v) is 7.32. The lowest BCUT2D eigenvalue weighted by atomic mass is 9.89. The first-order chi connectivity index (χ1) is 4.77. The molecule has 0 rings (SSSR count). The Hall–Kier alpha value is -0.180. The Balaban J connectivity index is 3.70. The largest absolute Gasteiger partial charge is 0.390 e. The molecule has 0 aromatic carbocycles. The van der Waals surface area contributed by atoms with E-state index in [1.807, 2.05) is 20.8 Å². The summed E-state index contributed by atoms with van der Waals surface area (Å²) in [6, 6.07) is 0. The molecule has 0 saturated carbocycles. The first kappa shape index (κ1) is 10.8. The summed E-state index contributed by atoms with van der Waals surface area (Å²) in [4.78, 5) is 0. The van der Waals surface area contributed by atoms with Crippen molar-refractivity contribution in [1.29, 1.82) is 0 Å². The highest BCUT2D eigenvalue weighted by atomic mass is 19.3. The van der Waals surface area contributed by atoms with Crippen LogP contribution >= 0.6 is 0 Å². The molecule has 3 heteroatoms. The third-order valence-corrected chi connectivity index (χ3v) is 1.47. The van der Waals surface area contributed by atoms with E-state index < -0.39 is 12.5 Å². The standard InChI is InChI=1S/C8H16F2O/c1-7(2,3)4-5-8(9,10)6-11/h11H,4-6H2,1-3H3. The summed E-state index contributed by atoms with van der Waals surface area (Å²) in [5.41, 5.74) is -0.0847. The van der Waals surface area contributed by atoms with E-state index >= 15 is 0 Å². The molecule has 0 aromatic rings. The van der Waals surface area contributed by atoms with Crippen molar-refractivity contribution in [3.8, 4) is 0 Å². The monoisotopic (exact) mass is 166 g/mol. The van der Waals surface area contributed by atoms with Gasteiger partial charge in [0.25, 0.3) is 5.92 Å². The predicted molar refractivity (Wildman–Crippen MR) is 40.7 cm³/mol. The number of aliphatic hydroxyl groups is 1. The molecule has 1 nitrogen and oxygen atoms in total. The lowest BCUT2D eigenvalue weighted by Gasteiger charge is -2.21. The van der Waals surface area contributed by atoms with Gasteiger partial charge in [-0.3, -0.25) is 0 Å². The van der Waals surface area contributed by atoms with Crippen LogP contribution in [0.1, 0.15) is 33.6 Å². The van der Waals surface area contributed by atoms with Crippen LogP contribution in [0.5, 0.6) is 0 Å². The second-order valence-electron chi connectivity index (χ2n) is 4.07. The van der Waals surface area contributed by atoms with Gasteiger partial charge < -0.3 is 5.11 Å². The Morgan fingerprint density at radius 1 is 1.09 bits per heavy atom. The zero-order chi connectivity index (χ0) is 9.12. The smallest absolute Gasteiger partial charge is 0.270 e. The molecule has 1 N–H and O–H groups in total. The van der Waals surface area contributed by atoms with Crippen molar-refractivity contribution in [3.05, 3.63) is 0 Å². The van der Waals surface area contributed by atoms with Gasteiger partial charge in [-0.15, -0.1) is 0 Å². The minimum atomic E-state index is -2.90. The van der Waals surface area contributed by atoms with Crippen LogP contribution in [0, 0.1) is 5.41 Å². The maximum absolute atomic E-state index is 12.4. The van der Waals surface area contributed by atoms with Crippen LogP contribution < -0.4 is 0 Å². The summed E-state index contributed by atoms with van der Waals surface area (Å²) in [6.45, 7) is 4.67. The average molecular weight is 166 g/mol. The molecule has 0 unspecified atom stereocenters. The summed E-state index contributed by atoms with van der Waals surface area (Å²) in [6.07, 6.45) is 0.202. The fraction of sp³-hybridized carbons (Fsp3) is 1.00. The molecule has 0 atom stereocenters. The van der Waals surface area contributed by atoms with Gasteiger partial charge in [0.2, 0.25) is 0 Å². The van der Waals surface area contributed by atoms with Crippen LogP contribution in [0.15, 0.2) is 0 Å². The number of aliphatic hydroxyl groups excluding tert-OH is 1. The van der Waals surface area contributed by atoms with Crippen LogP contribution in [0.3, 0.4) is 0 Å². The van der Waals surface area contributed by atoms with Gasteiger partial charge in [-0.1, -0.05) is 20.8 Å². The van der Waals surface area contributed by atoms with E-state index in [4.69, 9.17) is 5.11 Å². The van der Waals surface area contributed by atoms with Crippen molar-refractivity contribution in [2.24, 2.45) is 5.41 Å². The summed E-state index contributed by atoms with van der Waals surface area (Å²) in [5, 5.41) is 8.24. The van der Waals surface area contributed by atoms with Crippen molar-refractivity contribution in [1.82, 2.24) is 0 Å². The molecule has 0 radical (unpaired) electrons. The molecule has 0 amide bonds. The number of halogens is 2. The van der Waals surface area contributed by atoms with Crippen LogP contribution in [-0.2, 0) is 0 Å². The third kappa shape index (κ3) is 6.23. The molecular formula is C8H16F2O. The Labute approximate surface area is 66.4 Å². The van der Waals surface area contributed by atoms with Crippen molar-refractivity contribution < 1.29 is 13.9 Å². The second-order valence-corrected chi connectivity index (χ2v) is 4.07. The molecule has 68 valence electrons. The first-order valence-electron chi connectivity index (χ1n) is 3.75. The molecule has 0 bridgehead atoms. The second kappa shape index (κ2) is 3.48. The van der Waals surface area contributed by atoms with E-state index in [0.717, 1.165) is 0 Å². The Morgan fingerprint density at radius 2 is 1.55 bits per heavy atom. The predicted octanol–water partition coefficient (Wildman–Crippen LogP) is 2.44. The van der Waals surface area contributed by atoms with E-state index in [-0.39, 0.29) is 11.8 Å². The van der Waals surface area contributed by atoms with Crippen molar-refractivity contribution >= 4 is 0 Å². The molecule has 11 heavy (non-hydrogen) atoms. The third-order valence-electron chi connectivity index (χ3n) is 1.47.